The predicted molar refractivity (Wildman–Crippen MR) is 62.8 cm³/mol. The van der Waals surface area contributed by atoms with E-state index in [1.54, 1.807) is 0 Å². The normalized spacial score (nSPS) is 10.0. The summed E-state index contributed by atoms with van der Waals surface area (Å²) in [5.41, 5.74) is 5.41. The molecule has 76 valence electrons. The van der Waals surface area contributed by atoms with Gasteiger partial charge in [0.1, 0.15) is 0 Å². The third-order valence-corrected chi connectivity index (χ3v) is 2.79. The second-order valence-electron chi connectivity index (χ2n) is 2.93. The van der Waals surface area contributed by atoms with Crippen molar-refractivity contribution in [3.63, 3.8) is 0 Å². The zero-order valence-corrected chi connectivity index (χ0v) is 9.66. The van der Waals surface area contributed by atoms with Gasteiger partial charge in [0.25, 0.3) is 0 Å². The highest BCUT2D eigenvalue weighted by molar-refractivity contribution is 7.16. The van der Waals surface area contributed by atoms with Crippen molar-refractivity contribution in [3.8, 4) is 11.8 Å². The van der Waals surface area contributed by atoms with Crippen molar-refractivity contribution in [1.29, 1.82) is 0 Å². The molecule has 1 heterocycles. The molecule has 1 aromatic heterocycles. The minimum atomic E-state index is 0.670. The molecular weight excluding hydrogens is 216 g/mol. The van der Waals surface area contributed by atoms with Crippen LogP contribution in [0, 0.1) is 11.8 Å². The molecule has 2 N–H and O–H groups in total. The van der Waals surface area contributed by atoms with E-state index in [-0.39, 0.29) is 0 Å². The fraction of sp³-hybridized carbons (Fsp3) is 0.400. The summed E-state index contributed by atoms with van der Waals surface area (Å²) in [6, 6.07) is 3.79. The monoisotopic (exact) mass is 228 g/mol. The highest BCUT2D eigenvalue weighted by Gasteiger charge is 1.93. The van der Waals surface area contributed by atoms with Crippen LogP contribution in [-0.2, 0) is 0 Å². The van der Waals surface area contributed by atoms with Gasteiger partial charge < -0.3 is 5.73 Å². The van der Waals surface area contributed by atoms with E-state index in [0.29, 0.717) is 6.54 Å². The zero-order valence-electron chi connectivity index (χ0n) is 8.09. The fourth-order valence-electron chi connectivity index (χ4n) is 0.943. The zero-order chi connectivity index (χ0) is 10.4. The molecule has 0 saturated heterocycles. The van der Waals surface area contributed by atoms with Crippen LogP contribution in [0.1, 0.15) is 4.88 Å². The molecule has 0 bridgehead atoms. The van der Waals surface area contributed by atoms with E-state index in [2.05, 4.69) is 16.7 Å². The van der Waals surface area contributed by atoms with E-state index >= 15 is 0 Å². The molecule has 2 nitrogen and oxygen atoms in total. The van der Waals surface area contributed by atoms with E-state index in [9.17, 15) is 0 Å². The van der Waals surface area contributed by atoms with Crippen LogP contribution < -0.4 is 5.73 Å². The number of hydrogen-bond donors (Lipinski definition) is 1. The minimum Gasteiger partial charge on any atom is -0.329 e. The summed E-state index contributed by atoms with van der Waals surface area (Å²) in [6.45, 7) is 2.29. The first kappa shape index (κ1) is 11.5. The largest absolute Gasteiger partial charge is 0.329 e. The number of rotatable bonds is 3. The first-order chi connectivity index (χ1) is 6.72. The number of hydrogen-bond acceptors (Lipinski definition) is 3. The van der Waals surface area contributed by atoms with Crippen LogP contribution in [-0.4, -0.2) is 31.6 Å². The molecule has 0 spiro atoms. The molecule has 1 rings (SSSR count). The van der Waals surface area contributed by atoms with Crippen molar-refractivity contribution in [3.05, 3.63) is 21.3 Å². The molecule has 1 aromatic rings. The molecule has 0 aliphatic rings. The fourth-order valence-corrected chi connectivity index (χ4v) is 1.86. The lowest BCUT2D eigenvalue weighted by molar-refractivity contribution is 0.386. The van der Waals surface area contributed by atoms with Crippen molar-refractivity contribution in [1.82, 2.24) is 4.90 Å². The van der Waals surface area contributed by atoms with Crippen LogP contribution in [0.3, 0.4) is 0 Å². The van der Waals surface area contributed by atoms with Gasteiger partial charge in [-0.2, -0.15) is 0 Å². The predicted octanol–water partition coefficient (Wildman–Crippen LogP) is 1.64. The van der Waals surface area contributed by atoms with Crippen molar-refractivity contribution in [2.45, 2.75) is 0 Å². The molecule has 0 aliphatic carbocycles. The average molecular weight is 229 g/mol. The molecule has 0 amide bonds. The Morgan fingerprint density at radius 2 is 2.36 bits per heavy atom. The Morgan fingerprint density at radius 1 is 1.57 bits per heavy atom. The summed E-state index contributed by atoms with van der Waals surface area (Å²) < 4.78 is 0.782. The topological polar surface area (TPSA) is 29.3 Å². The number of thiophene rings is 1. The van der Waals surface area contributed by atoms with Gasteiger partial charge in [0, 0.05) is 13.1 Å². The minimum absolute atomic E-state index is 0.670. The van der Waals surface area contributed by atoms with E-state index in [0.717, 1.165) is 22.3 Å². The SMILES string of the molecule is CN(CC#Cc1ccc(Cl)s1)CCN. The molecule has 0 unspecified atom stereocenters. The first-order valence-electron chi connectivity index (χ1n) is 4.35. The summed E-state index contributed by atoms with van der Waals surface area (Å²) in [5.74, 6) is 6.13. The Balaban J connectivity index is 2.40. The van der Waals surface area contributed by atoms with Crippen molar-refractivity contribution >= 4 is 22.9 Å². The summed E-state index contributed by atoms with van der Waals surface area (Å²) in [7, 11) is 2.00. The summed E-state index contributed by atoms with van der Waals surface area (Å²) in [5, 5.41) is 0. The van der Waals surface area contributed by atoms with Gasteiger partial charge in [0.05, 0.1) is 15.8 Å². The Kier molecular flexibility index (Phi) is 4.99. The molecule has 0 saturated carbocycles. The van der Waals surface area contributed by atoms with Crippen molar-refractivity contribution in [2.75, 3.05) is 26.7 Å². The highest BCUT2D eigenvalue weighted by atomic mass is 35.5. The molecule has 0 atom stereocenters. The standard InChI is InChI=1S/C10H13ClN2S/c1-13(8-6-12)7-2-3-9-4-5-10(11)14-9/h4-5H,6-8,12H2,1H3. The second kappa shape index (κ2) is 6.05. The molecule has 0 radical (unpaired) electrons. The van der Waals surface area contributed by atoms with Crippen LogP contribution >= 0.6 is 22.9 Å². The maximum Gasteiger partial charge on any atom is 0.0941 e. The molecule has 0 aliphatic heterocycles. The third-order valence-electron chi connectivity index (χ3n) is 1.64. The maximum absolute atomic E-state index is 5.78. The quantitative estimate of drug-likeness (QED) is 0.798. The third kappa shape index (κ3) is 4.12. The average Bonchev–Trinajstić information content (AvgIpc) is 2.52. The molecule has 14 heavy (non-hydrogen) atoms. The Hall–Kier alpha value is -0.530. The van der Waals surface area contributed by atoms with Crippen LogP contribution in [0.15, 0.2) is 12.1 Å². The Labute approximate surface area is 93.7 Å². The lowest BCUT2D eigenvalue weighted by Gasteiger charge is -2.09. The van der Waals surface area contributed by atoms with Gasteiger partial charge in [-0.1, -0.05) is 23.4 Å². The highest BCUT2D eigenvalue weighted by Crippen LogP contribution is 2.19. The summed E-state index contributed by atoms with van der Waals surface area (Å²) >= 11 is 7.28. The van der Waals surface area contributed by atoms with Gasteiger partial charge in [0.15, 0.2) is 0 Å². The first-order valence-corrected chi connectivity index (χ1v) is 5.54. The van der Waals surface area contributed by atoms with E-state index in [1.807, 2.05) is 19.2 Å². The number of halogens is 1. The van der Waals surface area contributed by atoms with Crippen LogP contribution in [0.4, 0.5) is 0 Å². The summed E-state index contributed by atoms with van der Waals surface area (Å²) in [6.07, 6.45) is 0. The van der Waals surface area contributed by atoms with E-state index in [1.165, 1.54) is 11.3 Å². The molecular formula is C10H13ClN2S. The number of nitrogens with two attached hydrogens (primary N) is 1. The number of nitrogens with zero attached hydrogens (tertiary/aromatic N) is 1. The second-order valence-corrected chi connectivity index (χ2v) is 4.65. The van der Waals surface area contributed by atoms with Gasteiger partial charge in [-0.15, -0.1) is 11.3 Å². The van der Waals surface area contributed by atoms with Gasteiger partial charge in [-0.3, -0.25) is 4.90 Å². The van der Waals surface area contributed by atoms with E-state index in [4.69, 9.17) is 17.3 Å². The smallest absolute Gasteiger partial charge is 0.0941 e. The maximum atomic E-state index is 5.78. The molecule has 0 aromatic carbocycles. The van der Waals surface area contributed by atoms with Gasteiger partial charge in [-0.05, 0) is 19.2 Å². The van der Waals surface area contributed by atoms with Gasteiger partial charge in [-0.25, -0.2) is 0 Å². The van der Waals surface area contributed by atoms with Crippen LogP contribution in [0.25, 0.3) is 0 Å². The number of likely N-dealkylation sites (N-methyl/N-ethyl adjacent to an activating group) is 1. The molecule has 0 fully saturated rings. The summed E-state index contributed by atoms with van der Waals surface area (Å²) in [4.78, 5) is 3.10. The Morgan fingerprint density at radius 3 is 2.93 bits per heavy atom. The lowest BCUT2D eigenvalue weighted by atomic mass is 10.4. The lowest BCUT2D eigenvalue weighted by Crippen LogP contribution is -2.25. The van der Waals surface area contributed by atoms with E-state index < -0.39 is 0 Å². The Bertz CT molecular complexity index is 337. The van der Waals surface area contributed by atoms with Gasteiger partial charge in [0.2, 0.25) is 0 Å². The van der Waals surface area contributed by atoms with Crippen LogP contribution in [0.5, 0.6) is 0 Å². The van der Waals surface area contributed by atoms with Crippen molar-refractivity contribution in [2.24, 2.45) is 5.73 Å². The molecule has 4 heteroatoms. The van der Waals surface area contributed by atoms with Crippen molar-refractivity contribution < 1.29 is 0 Å². The van der Waals surface area contributed by atoms with Gasteiger partial charge >= 0.3 is 0 Å². The van der Waals surface area contributed by atoms with Crippen LogP contribution in [0.2, 0.25) is 4.34 Å².